The largest absolute Gasteiger partial charge is 0.493 e. The molecule has 0 saturated heterocycles. The lowest BCUT2D eigenvalue weighted by Crippen LogP contribution is -2.09. The van der Waals surface area contributed by atoms with Crippen molar-refractivity contribution >= 4 is 0 Å². The third kappa shape index (κ3) is 4.94. The van der Waals surface area contributed by atoms with Gasteiger partial charge in [-0.2, -0.15) is 0 Å². The van der Waals surface area contributed by atoms with Gasteiger partial charge in [0.15, 0.2) is 11.5 Å². The lowest BCUT2D eigenvalue weighted by atomic mass is 10.1. The molecule has 0 bridgehead atoms. The Bertz CT molecular complexity index is 342. The maximum atomic E-state index is 5.34. The average molecular weight is 253 g/mol. The third-order valence-corrected chi connectivity index (χ3v) is 2.71. The highest BCUT2D eigenvalue weighted by atomic mass is 16.5. The quantitative estimate of drug-likeness (QED) is 0.684. The van der Waals surface area contributed by atoms with Crippen LogP contribution in [0.25, 0.3) is 0 Å². The van der Waals surface area contributed by atoms with Crippen LogP contribution >= 0.6 is 0 Å². The predicted molar refractivity (Wildman–Crippen MR) is 72.4 cm³/mol. The summed E-state index contributed by atoms with van der Waals surface area (Å²) in [5.41, 5.74) is 6.60. The van der Waals surface area contributed by atoms with Crippen molar-refractivity contribution in [3.05, 3.63) is 23.8 Å². The molecule has 4 heteroatoms. The van der Waals surface area contributed by atoms with E-state index in [1.807, 2.05) is 12.1 Å². The Morgan fingerprint density at radius 1 is 1.00 bits per heavy atom. The van der Waals surface area contributed by atoms with Crippen LogP contribution in [0.4, 0.5) is 0 Å². The van der Waals surface area contributed by atoms with Crippen molar-refractivity contribution in [3.8, 4) is 11.5 Å². The SMILES string of the molecule is COc1ccc(CCCCOCCN)cc1OC. The Balaban J connectivity index is 2.34. The van der Waals surface area contributed by atoms with Gasteiger partial charge in [0.2, 0.25) is 0 Å². The lowest BCUT2D eigenvalue weighted by Gasteiger charge is -2.09. The van der Waals surface area contributed by atoms with Crippen molar-refractivity contribution < 1.29 is 14.2 Å². The van der Waals surface area contributed by atoms with E-state index in [-0.39, 0.29) is 0 Å². The van der Waals surface area contributed by atoms with Crippen LogP contribution in [-0.2, 0) is 11.2 Å². The molecule has 0 aromatic heterocycles. The lowest BCUT2D eigenvalue weighted by molar-refractivity contribution is 0.137. The number of rotatable bonds is 9. The Kier molecular flexibility index (Phi) is 7.22. The van der Waals surface area contributed by atoms with Crippen molar-refractivity contribution in [1.29, 1.82) is 0 Å². The van der Waals surface area contributed by atoms with Gasteiger partial charge in [0.1, 0.15) is 0 Å². The first-order valence-electron chi connectivity index (χ1n) is 6.30. The van der Waals surface area contributed by atoms with Crippen LogP contribution in [0.2, 0.25) is 0 Å². The molecule has 1 aromatic carbocycles. The van der Waals surface area contributed by atoms with E-state index in [0.29, 0.717) is 13.2 Å². The highest BCUT2D eigenvalue weighted by Gasteiger charge is 2.04. The molecule has 1 rings (SSSR count). The number of unbranched alkanes of at least 4 members (excludes halogenated alkanes) is 1. The summed E-state index contributed by atoms with van der Waals surface area (Å²) in [7, 11) is 3.30. The molecule has 102 valence electrons. The number of nitrogens with two attached hydrogens (primary N) is 1. The molecule has 0 amide bonds. The van der Waals surface area contributed by atoms with Gasteiger partial charge in [0.05, 0.1) is 20.8 Å². The van der Waals surface area contributed by atoms with Crippen LogP contribution in [0.5, 0.6) is 11.5 Å². The summed E-state index contributed by atoms with van der Waals surface area (Å²) in [4.78, 5) is 0. The number of methoxy groups -OCH3 is 2. The number of benzene rings is 1. The van der Waals surface area contributed by atoms with E-state index >= 15 is 0 Å². The number of hydrogen-bond donors (Lipinski definition) is 1. The van der Waals surface area contributed by atoms with E-state index in [4.69, 9.17) is 19.9 Å². The Labute approximate surface area is 109 Å². The molecule has 0 spiro atoms. The molecule has 2 N–H and O–H groups in total. The van der Waals surface area contributed by atoms with Gasteiger partial charge in [-0.1, -0.05) is 6.07 Å². The zero-order chi connectivity index (χ0) is 13.2. The van der Waals surface area contributed by atoms with Crippen molar-refractivity contribution in [2.75, 3.05) is 34.0 Å². The monoisotopic (exact) mass is 253 g/mol. The van der Waals surface area contributed by atoms with E-state index < -0.39 is 0 Å². The van der Waals surface area contributed by atoms with Crippen LogP contribution in [0.3, 0.4) is 0 Å². The van der Waals surface area contributed by atoms with Gasteiger partial charge in [-0.3, -0.25) is 0 Å². The summed E-state index contributed by atoms with van der Waals surface area (Å²) in [5.74, 6) is 1.56. The van der Waals surface area contributed by atoms with Crippen LogP contribution < -0.4 is 15.2 Å². The molecule has 0 aliphatic carbocycles. The third-order valence-electron chi connectivity index (χ3n) is 2.71. The highest BCUT2D eigenvalue weighted by Crippen LogP contribution is 2.28. The fourth-order valence-corrected chi connectivity index (χ4v) is 1.75. The van der Waals surface area contributed by atoms with E-state index in [0.717, 1.165) is 37.4 Å². The zero-order valence-corrected chi connectivity index (χ0v) is 11.3. The second-order valence-electron chi connectivity index (χ2n) is 4.05. The normalized spacial score (nSPS) is 10.4. The predicted octanol–water partition coefficient (Wildman–Crippen LogP) is 2.00. The number of ether oxygens (including phenoxy) is 3. The molecule has 0 radical (unpaired) electrons. The van der Waals surface area contributed by atoms with Crippen molar-refractivity contribution in [3.63, 3.8) is 0 Å². The molecule has 0 saturated carbocycles. The molecule has 18 heavy (non-hydrogen) atoms. The molecule has 0 atom stereocenters. The van der Waals surface area contributed by atoms with E-state index in [1.165, 1.54) is 5.56 Å². The molecular weight excluding hydrogens is 230 g/mol. The van der Waals surface area contributed by atoms with Crippen LogP contribution in [0.15, 0.2) is 18.2 Å². The van der Waals surface area contributed by atoms with Crippen molar-refractivity contribution in [1.82, 2.24) is 0 Å². The zero-order valence-electron chi connectivity index (χ0n) is 11.3. The van der Waals surface area contributed by atoms with Gasteiger partial charge in [0.25, 0.3) is 0 Å². The first-order chi connectivity index (χ1) is 8.81. The summed E-state index contributed by atoms with van der Waals surface area (Å²) < 4.78 is 15.8. The first kappa shape index (κ1) is 14.8. The summed E-state index contributed by atoms with van der Waals surface area (Å²) in [5, 5.41) is 0. The van der Waals surface area contributed by atoms with Crippen LogP contribution in [0, 0.1) is 0 Å². The van der Waals surface area contributed by atoms with Crippen molar-refractivity contribution in [2.24, 2.45) is 5.73 Å². The Hall–Kier alpha value is -1.26. The van der Waals surface area contributed by atoms with Gasteiger partial charge in [-0.25, -0.2) is 0 Å². The standard InChI is InChI=1S/C14H23NO3/c1-16-13-7-6-12(11-14(13)17-2)5-3-4-9-18-10-8-15/h6-7,11H,3-5,8-10,15H2,1-2H3. The summed E-state index contributed by atoms with van der Waals surface area (Å²) in [6.07, 6.45) is 3.17. The van der Waals surface area contributed by atoms with Gasteiger partial charge >= 0.3 is 0 Å². The number of hydrogen-bond acceptors (Lipinski definition) is 4. The van der Waals surface area contributed by atoms with Crippen LogP contribution in [-0.4, -0.2) is 34.0 Å². The van der Waals surface area contributed by atoms with Crippen molar-refractivity contribution in [2.45, 2.75) is 19.3 Å². The second-order valence-corrected chi connectivity index (χ2v) is 4.05. The maximum absolute atomic E-state index is 5.34. The fraction of sp³-hybridized carbons (Fsp3) is 0.571. The number of aryl methyl sites for hydroxylation is 1. The Morgan fingerprint density at radius 3 is 2.44 bits per heavy atom. The molecular formula is C14H23NO3. The molecule has 0 heterocycles. The molecule has 0 unspecified atom stereocenters. The minimum Gasteiger partial charge on any atom is -0.493 e. The Morgan fingerprint density at radius 2 is 1.78 bits per heavy atom. The minimum absolute atomic E-state index is 0.593. The highest BCUT2D eigenvalue weighted by molar-refractivity contribution is 5.42. The average Bonchev–Trinajstić information content (AvgIpc) is 2.42. The first-order valence-corrected chi connectivity index (χ1v) is 6.30. The molecule has 0 aliphatic heterocycles. The second kappa shape index (κ2) is 8.78. The van der Waals surface area contributed by atoms with Gasteiger partial charge in [-0.15, -0.1) is 0 Å². The summed E-state index contributed by atoms with van der Waals surface area (Å²) in [6.45, 7) is 2.02. The topological polar surface area (TPSA) is 53.7 Å². The summed E-state index contributed by atoms with van der Waals surface area (Å²) >= 11 is 0. The van der Waals surface area contributed by atoms with Gasteiger partial charge < -0.3 is 19.9 Å². The van der Waals surface area contributed by atoms with Crippen LogP contribution in [0.1, 0.15) is 18.4 Å². The van der Waals surface area contributed by atoms with Gasteiger partial charge in [-0.05, 0) is 37.0 Å². The van der Waals surface area contributed by atoms with E-state index in [2.05, 4.69) is 6.07 Å². The fourth-order valence-electron chi connectivity index (χ4n) is 1.75. The molecule has 0 aliphatic rings. The maximum Gasteiger partial charge on any atom is 0.160 e. The molecule has 1 aromatic rings. The molecule has 0 fully saturated rings. The summed E-state index contributed by atoms with van der Waals surface area (Å²) in [6, 6.07) is 6.04. The van der Waals surface area contributed by atoms with E-state index in [9.17, 15) is 0 Å². The smallest absolute Gasteiger partial charge is 0.160 e. The van der Waals surface area contributed by atoms with Gasteiger partial charge in [0, 0.05) is 13.2 Å². The minimum atomic E-state index is 0.593. The van der Waals surface area contributed by atoms with E-state index in [1.54, 1.807) is 14.2 Å². The molecule has 4 nitrogen and oxygen atoms in total.